The molecule has 0 aliphatic rings. The molecule has 3 rings (SSSR count). The predicted molar refractivity (Wildman–Crippen MR) is 155 cm³/mol. The van der Waals surface area contributed by atoms with Gasteiger partial charge in [0.15, 0.2) is 0 Å². The topological polar surface area (TPSA) is 250 Å². The van der Waals surface area contributed by atoms with Crippen molar-refractivity contribution >= 4 is 40.5 Å². The summed E-state index contributed by atoms with van der Waals surface area (Å²) in [5, 5.41) is 37.8. The number of carboxylic acids is 1. The number of fused-ring (bicyclic) bond motifs is 1. The van der Waals surface area contributed by atoms with Gasteiger partial charge >= 0.3 is 5.97 Å². The van der Waals surface area contributed by atoms with E-state index >= 15 is 0 Å². The highest BCUT2D eigenvalue weighted by Gasteiger charge is 2.33. The quantitative estimate of drug-likeness (QED) is 0.106. The first-order chi connectivity index (χ1) is 20.3. The highest BCUT2D eigenvalue weighted by Crippen LogP contribution is 2.19. The van der Waals surface area contributed by atoms with E-state index in [1.807, 2.05) is 18.2 Å². The molecule has 11 N–H and O–H groups in total. The number of phenolic OH excluding ortho intramolecular Hbond substituents is 1. The Bertz CT molecular complexity index is 1450. The number of hydrogen-bond donors (Lipinski definition) is 9. The summed E-state index contributed by atoms with van der Waals surface area (Å²) in [5.74, 6) is -4.58. The van der Waals surface area contributed by atoms with Crippen LogP contribution in [-0.4, -0.2) is 80.2 Å². The minimum absolute atomic E-state index is 0.0197. The molecule has 5 atom stereocenters. The van der Waals surface area contributed by atoms with E-state index in [2.05, 4.69) is 20.9 Å². The molecule has 2 aromatic carbocycles. The Morgan fingerprint density at radius 2 is 1.53 bits per heavy atom. The Morgan fingerprint density at radius 1 is 0.884 bits per heavy atom. The molecule has 0 aliphatic carbocycles. The maximum atomic E-state index is 13.4. The SMILES string of the molecule is CC(O)C(NC(=O)C(Cc1ccc(O)cc1)NC(=O)C(N)CCC(N)=O)C(=O)NC(Cc1c[nH]c2ccccc12)C(=O)O. The maximum absolute atomic E-state index is 13.4. The highest BCUT2D eigenvalue weighted by atomic mass is 16.4. The zero-order valence-corrected chi connectivity index (χ0v) is 23.4. The van der Waals surface area contributed by atoms with Gasteiger partial charge in [0.25, 0.3) is 0 Å². The normalized spacial score (nSPS) is 14.6. The molecule has 0 fully saturated rings. The third-order valence-corrected chi connectivity index (χ3v) is 6.82. The summed E-state index contributed by atoms with van der Waals surface area (Å²) in [5.41, 5.74) is 12.9. The zero-order chi connectivity index (χ0) is 31.7. The number of aliphatic hydroxyl groups is 1. The lowest BCUT2D eigenvalue weighted by Gasteiger charge is -2.26. The summed E-state index contributed by atoms with van der Waals surface area (Å²) in [6, 6.07) is 7.63. The smallest absolute Gasteiger partial charge is 0.326 e. The molecule has 3 aromatic rings. The number of primary amides is 1. The molecule has 230 valence electrons. The number of benzene rings is 2. The zero-order valence-electron chi connectivity index (χ0n) is 23.4. The fourth-order valence-electron chi connectivity index (χ4n) is 4.43. The molecule has 0 saturated carbocycles. The molecule has 4 amide bonds. The summed E-state index contributed by atoms with van der Waals surface area (Å²) >= 11 is 0. The van der Waals surface area contributed by atoms with Crippen LogP contribution in [0.2, 0.25) is 0 Å². The number of aromatic hydroxyl groups is 1. The third kappa shape index (κ3) is 9.28. The average Bonchev–Trinajstić information content (AvgIpc) is 3.37. The molecule has 1 heterocycles. The van der Waals surface area contributed by atoms with Gasteiger partial charge in [-0.05, 0) is 42.7 Å². The van der Waals surface area contributed by atoms with Gasteiger partial charge in [0.1, 0.15) is 23.9 Å². The molecule has 0 bridgehead atoms. The first-order valence-electron chi connectivity index (χ1n) is 13.5. The lowest BCUT2D eigenvalue weighted by atomic mass is 10.0. The molecule has 43 heavy (non-hydrogen) atoms. The van der Waals surface area contributed by atoms with Gasteiger partial charge in [-0.2, -0.15) is 0 Å². The molecule has 0 radical (unpaired) electrons. The molecular formula is C29H36N6O8. The number of hydrogen-bond acceptors (Lipinski definition) is 8. The number of nitrogens with two attached hydrogens (primary N) is 2. The Kier molecular flexibility index (Phi) is 11.2. The number of H-pyrrole nitrogens is 1. The molecule has 1 aromatic heterocycles. The second kappa shape index (κ2) is 14.8. The second-order valence-corrected chi connectivity index (χ2v) is 10.2. The lowest BCUT2D eigenvalue weighted by Crippen LogP contribution is -2.60. The van der Waals surface area contributed by atoms with Crippen LogP contribution < -0.4 is 27.4 Å². The number of aromatic nitrogens is 1. The minimum atomic E-state index is -1.58. The van der Waals surface area contributed by atoms with Crippen LogP contribution in [0.3, 0.4) is 0 Å². The summed E-state index contributed by atoms with van der Waals surface area (Å²) in [6.07, 6.45) is -0.196. The summed E-state index contributed by atoms with van der Waals surface area (Å²) in [4.78, 5) is 65.5. The predicted octanol–water partition coefficient (Wildman–Crippen LogP) is -0.829. The highest BCUT2D eigenvalue weighted by molar-refractivity contribution is 5.95. The van der Waals surface area contributed by atoms with Crippen molar-refractivity contribution in [2.45, 2.75) is 62.9 Å². The first kappa shape index (κ1) is 32.6. The Hall–Kier alpha value is -4.95. The number of nitrogens with one attached hydrogen (secondary N) is 4. The van der Waals surface area contributed by atoms with E-state index in [-0.39, 0.29) is 31.4 Å². The van der Waals surface area contributed by atoms with Crippen molar-refractivity contribution in [2.75, 3.05) is 0 Å². The Balaban J connectivity index is 1.76. The van der Waals surface area contributed by atoms with Crippen LogP contribution in [0.5, 0.6) is 5.75 Å². The summed E-state index contributed by atoms with van der Waals surface area (Å²) in [7, 11) is 0. The van der Waals surface area contributed by atoms with Gasteiger partial charge in [0, 0.05) is 36.4 Å². The van der Waals surface area contributed by atoms with Crippen LogP contribution in [0.4, 0.5) is 0 Å². The van der Waals surface area contributed by atoms with Crippen molar-refractivity contribution < 1.29 is 39.3 Å². The molecule has 14 heteroatoms. The van der Waals surface area contributed by atoms with E-state index in [0.717, 1.165) is 10.9 Å². The van der Waals surface area contributed by atoms with Gasteiger partial charge in [-0.15, -0.1) is 0 Å². The molecule has 0 aliphatic heterocycles. The number of amides is 4. The van der Waals surface area contributed by atoms with Crippen molar-refractivity contribution in [3.8, 4) is 5.75 Å². The van der Waals surface area contributed by atoms with E-state index in [9.17, 15) is 39.3 Å². The maximum Gasteiger partial charge on any atom is 0.326 e. The van der Waals surface area contributed by atoms with Gasteiger partial charge in [-0.1, -0.05) is 30.3 Å². The van der Waals surface area contributed by atoms with Crippen LogP contribution in [0.1, 0.15) is 30.9 Å². The van der Waals surface area contributed by atoms with Crippen LogP contribution in [0.25, 0.3) is 10.9 Å². The monoisotopic (exact) mass is 596 g/mol. The first-order valence-corrected chi connectivity index (χ1v) is 13.5. The molecule has 0 spiro atoms. The number of aliphatic hydroxyl groups excluding tert-OH is 1. The van der Waals surface area contributed by atoms with Gasteiger partial charge < -0.3 is 47.7 Å². The number of carbonyl (C=O) groups excluding carboxylic acids is 4. The van der Waals surface area contributed by atoms with Crippen LogP contribution in [-0.2, 0) is 36.8 Å². The van der Waals surface area contributed by atoms with Crippen molar-refractivity contribution in [2.24, 2.45) is 11.5 Å². The minimum Gasteiger partial charge on any atom is -0.508 e. The third-order valence-electron chi connectivity index (χ3n) is 6.82. The van der Waals surface area contributed by atoms with E-state index in [1.54, 1.807) is 12.3 Å². The van der Waals surface area contributed by atoms with Crippen molar-refractivity contribution in [1.82, 2.24) is 20.9 Å². The number of aromatic amines is 1. The van der Waals surface area contributed by atoms with Crippen molar-refractivity contribution in [1.29, 1.82) is 0 Å². The van der Waals surface area contributed by atoms with Crippen LogP contribution in [0.15, 0.2) is 54.7 Å². The molecule has 14 nitrogen and oxygen atoms in total. The number of para-hydroxylation sites is 1. The largest absolute Gasteiger partial charge is 0.508 e. The van der Waals surface area contributed by atoms with Crippen LogP contribution in [0, 0.1) is 0 Å². The molecule has 0 saturated heterocycles. The number of phenols is 1. The lowest BCUT2D eigenvalue weighted by molar-refractivity contribution is -0.143. The summed E-state index contributed by atoms with van der Waals surface area (Å²) < 4.78 is 0. The van der Waals surface area contributed by atoms with Gasteiger partial charge in [-0.25, -0.2) is 4.79 Å². The number of aliphatic carboxylic acids is 1. The van der Waals surface area contributed by atoms with Gasteiger partial charge in [-0.3, -0.25) is 19.2 Å². The van der Waals surface area contributed by atoms with E-state index in [0.29, 0.717) is 11.1 Å². The average molecular weight is 597 g/mol. The number of carboxylic acid groups (broad SMARTS) is 1. The fourth-order valence-corrected chi connectivity index (χ4v) is 4.43. The Morgan fingerprint density at radius 3 is 2.16 bits per heavy atom. The van der Waals surface area contributed by atoms with Gasteiger partial charge in [0.05, 0.1) is 12.1 Å². The van der Waals surface area contributed by atoms with Gasteiger partial charge in [0.2, 0.25) is 23.6 Å². The molecule has 5 unspecified atom stereocenters. The Labute approximate surface area is 246 Å². The van der Waals surface area contributed by atoms with E-state index in [4.69, 9.17) is 11.5 Å². The molecular weight excluding hydrogens is 560 g/mol. The second-order valence-electron chi connectivity index (χ2n) is 10.2. The van der Waals surface area contributed by atoms with Crippen LogP contribution >= 0.6 is 0 Å². The van der Waals surface area contributed by atoms with Crippen molar-refractivity contribution in [3.63, 3.8) is 0 Å². The van der Waals surface area contributed by atoms with Crippen molar-refractivity contribution in [3.05, 3.63) is 65.9 Å². The van der Waals surface area contributed by atoms with E-state index in [1.165, 1.54) is 31.2 Å². The summed E-state index contributed by atoms with van der Waals surface area (Å²) in [6.45, 7) is 1.24. The fraction of sp³-hybridized carbons (Fsp3) is 0.345. The number of carbonyl (C=O) groups is 5. The van der Waals surface area contributed by atoms with E-state index < -0.39 is 59.9 Å². The number of rotatable bonds is 15. The standard InChI is InChI=1S/C29H36N6O8/c1-15(36)25(28(41)34-23(29(42)43)13-17-14-32-21-5-3-2-4-19(17)21)35-27(40)22(12-16-6-8-18(37)9-7-16)33-26(39)20(30)10-11-24(31)38/h2-9,14-15,20,22-23,25,32,36-37H,10-13,30H2,1H3,(H2,31,38)(H,33,39)(H,34,41)(H,35,40)(H,42,43).